The normalized spacial score (nSPS) is 31.4. The zero-order valence-corrected chi connectivity index (χ0v) is 9.90. The van der Waals surface area contributed by atoms with Crippen molar-refractivity contribution in [2.45, 2.75) is 31.3 Å². The Balaban J connectivity index is 2.09. The highest BCUT2D eigenvalue weighted by Crippen LogP contribution is 2.21. The summed E-state index contributed by atoms with van der Waals surface area (Å²) in [6.07, 6.45) is 2.63. The average Bonchev–Trinajstić information content (AvgIpc) is 2.61. The Kier molecular flexibility index (Phi) is 3.14. The molecule has 2 aliphatic rings. The minimum Gasteiger partial charge on any atom is -0.344 e. The Hall–Kier alpha value is -1.10. The van der Waals surface area contributed by atoms with Gasteiger partial charge >= 0.3 is 0 Å². The Morgan fingerprint density at radius 2 is 1.94 bits per heavy atom. The van der Waals surface area contributed by atoms with Gasteiger partial charge < -0.3 is 15.1 Å². The number of rotatable bonds is 2. The Labute approximate surface area is 95.8 Å². The molecule has 0 aromatic heterocycles. The summed E-state index contributed by atoms with van der Waals surface area (Å²) in [5.74, 6) is 0.174. The van der Waals surface area contributed by atoms with Crippen molar-refractivity contribution in [2.75, 3.05) is 27.2 Å². The molecule has 2 aliphatic heterocycles. The molecule has 0 aliphatic carbocycles. The van der Waals surface area contributed by atoms with Crippen LogP contribution in [-0.2, 0) is 9.59 Å². The molecule has 1 N–H and O–H groups in total. The maximum atomic E-state index is 12.1. The van der Waals surface area contributed by atoms with Gasteiger partial charge in [0.1, 0.15) is 6.04 Å². The zero-order chi connectivity index (χ0) is 11.7. The molecule has 5 heteroatoms. The van der Waals surface area contributed by atoms with Crippen molar-refractivity contribution in [1.29, 1.82) is 0 Å². The van der Waals surface area contributed by atoms with Crippen LogP contribution in [0.2, 0.25) is 0 Å². The largest absolute Gasteiger partial charge is 0.344 e. The average molecular weight is 225 g/mol. The van der Waals surface area contributed by atoms with Crippen LogP contribution in [0.25, 0.3) is 0 Å². The van der Waals surface area contributed by atoms with Crippen LogP contribution in [-0.4, -0.2) is 60.9 Å². The van der Waals surface area contributed by atoms with Gasteiger partial charge in [-0.3, -0.25) is 9.59 Å². The van der Waals surface area contributed by atoms with Gasteiger partial charge in [0.25, 0.3) is 0 Å². The van der Waals surface area contributed by atoms with Crippen LogP contribution >= 0.6 is 0 Å². The van der Waals surface area contributed by atoms with Gasteiger partial charge in [-0.15, -0.1) is 0 Å². The molecule has 5 nitrogen and oxygen atoms in total. The van der Waals surface area contributed by atoms with Gasteiger partial charge in [-0.25, -0.2) is 0 Å². The third-order valence-corrected chi connectivity index (χ3v) is 3.60. The lowest BCUT2D eigenvalue weighted by Gasteiger charge is -2.35. The number of piperidine rings is 1. The van der Waals surface area contributed by atoms with Crippen molar-refractivity contribution in [3.8, 4) is 0 Å². The monoisotopic (exact) mass is 225 g/mol. The standard InChI is InChI=1S/C11H19N3O2/c1-12-8-4-3-6-14(10(8)15)9-5-7-13(2)11(9)16/h8-9,12H,3-7H2,1-2H3. The second-order valence-corrected chi connectivity index (χ2v) is 4.58. The van der Waals surface area contributed by atoms with Gasteiger partial charge in [0.2, 0.25) is 11.8 Å². The fourth-order valence-electron chi connectivity index (χ4n) is 2.57. The number of hydrogen-bond acceptors (Lipinski definition) is 3. The lowest BCUT2D eigenvalue weighted by atomic mass is 10.0. The van der Waals surface area contributed by atoms with E-state index in [1.807, 2.05) is 0 Å². The lowest BCUT2D eigenvalue weighted by molar-refractivity contribution is -0.144. The molecule has 0 saturated carbocycles. The summed E-state index contributed by atoms with van der Waals surface area (Å²) in [7, 11) is 3.60. The second kappa shape index (κ2) is 4.41. The van der Waals surface area contributed by atoms with Crippen molar-refractivity contribution < 1.29 is 9.59 Å². The number of likely N-dealkylation sites (N-methyl/N-ethyl adjacent to an activating group) is 2. The molecule has 2 amide bonds. The summed E-state index contributed by atoms with van der Waals surface area (Å²) in [5.41, 5.74) is 0. The fraction of sp³-hybridized carbons (Fsp3) is 0.818. The van der Waals surface area contributed by atoms with Crippen LogP contribution in [0.5, 0.6) is 0 Å². The van der Waals surface area contributed by atoms with Gasteiger partial charge in [-0.05, 0) is 26.3 Å². The summed E-state index contributed by atoms with van der Waals surface area (Å²) in [4.78, 5) is 27.4. The molecule has 2 unspecified atom stereocenters. The molecule has 2 fully saturated rings. The van der Waals surface area contributed by atoms with E-state index in [-0.39, 0.29) is 23.9 Å². The molecule has 0 aromatic carbocycles. The van der Waals surface area contributed by atoms with E-state index in [0.717, 1.165) is 32.4 Å². The van der Waals surface area contributed by atoms with E-state index in [1.165, 1.54) is 0 Å². The van der Waals surface area contributed by atoms with E-state index in [0.29, 0.717) is 0 Å². The molecule has 2 rings (SSSR count). The summed E-state index contributed by atoms with van der Waals surface area (Å²) in [5, 5.41) is 3.02. The quantitative estimate of drug-likeness (QED) is 0.684. The Morgan fingerprint density at radius 3 is 2.50 bits per heavy atom. The van der Waals surface area contributed by atoms with Gasteiger partial charge in [0.15, 0.2) is 0 Å². The van der Waals surface area contributed by atoms with Crippen LogP contribution in [0.4, 0.5) is 0 Å². The van der Waals surface area contributed by atoms with E-state index in [1.54, 1.807) is 23.9 Å². The van der Waals surface area contributed by atoms with Crippen LogP contribution in [0.3, 0.4) is 0 Å². The second-order valence-electron chi connectivity index (χ2n) is 4.58. The molecular formula is C11H19N3O2. The molecule has 2 atom stereocenters. The molecule has 0 bridgehead atoms. The number of hydrogen-bond donors (Lipinski definition) is 1. The minimum absolute atomic E-state index is 0.0856. The number of carbonyl (C=O) groups is 2. The van der Waals surface area contributed by atoms with Crippen molar-refractivity contribution in [3.05, 3.63) is 0 Å². The topological polar surface area (TPSA) is 52.6 Å². The van der Waals surface area contributed by atoms with Crippen LogP contribution in [0.15, 0.2) is 0 Å². The highest BCUT2D eigenvalue weighted by atomic mass is 16.2. The molecule has 2 saturated heterocycles. The van der Waals surface area contributed by atoms with E-state index >= 15 is 0 Å². The SMILES string of the molecule is CNC1CCCN(C2CCN(C)C2=O)C1=O. The van der Waals surface area contributed by atoms with Gasteiger partial charge in [0, 0.05) is 20.1 Å². The number of amides is 2. The van der Waals surface area contributed by atoms with E-state index in [9.17, 15) is 9.59 Å². The number of likely N-dealkylation sites (tertiary alicyclic amines) is 2. The van der Waals surface area contributed by atoms with Crippen LogP contribution < -0.4 is 5.32 Å². The molecule has 0 aromatic rings. The molecule has 90 valence electrons. The van der Waals surface area contributed by atoms with Crippen LogP contribution in [0.1, 0.15) is 19.3 Å². The molecule has 0 radical (unpaired) electrons. The number of carbonyl (C=O) groups excluding carboxylic acids is 2. The fourth-order valence-corrected chi connectivity index (χ4v) is 2.57. The van der Waals surface area contributed by atoms with E-state index in [4.69, 9.17) is 0 Å². The minimum atomic E-state index is -0.214. The first-order chi connectivity index (χ1) is 7.65. The first kappa shape index (κ1) is 11.4. The first-order valence-electron chi connectivity index (χ1n) is 5.88. The summed E-state index contributed by atoms with van der Waals surface area (Å²) in [6.45, 7) is 1.48. The van der Waals surface area contributed by atoms with Crippen molar-refractivity contribution in [1.82, 2.24) is 15.1 Å². The van der Waals surface area contributed by atoms with Crippen molar-refractivity contribution >= 4 is 11.8 Å². The summed E-state index contributed by atoms with van der Waals surface area (Å²) < 4.78 is 0. The first-order valence-corrected chi connectivity index (χ1v) is 5.88. The Bertz CT molecular complexity index is 306. The lowest BCUT2D eigenvalue weighted by Crippen LogP contribution is -2.55. The van der Waals surface area contributed by atoms with Gasteiger partial charge in [0.05, 0.1) is 6.04 Å². The van der Waals surface area contributed by atoms with Gasteiger partial charge in [-0.1, -0.05) is 0 Å². The number of nitrogens with one attached hydrogen (secondary N) is 1. The van der Waals surface area contributed by atoms with E-state index in [2.05, 4.69) is 5.32 Å². The molecule has 2 heterocycles. The highest BCUT2D eigenvalue weighted by molar-refractivity contribution is 5.91. The predicted molar refractivity (Wildman–Crippen MR) is 59.8 cm³/mol. The summed E-state index contributed by atoms with van der Waals surface area (Å²) >= 11 is 0. The molecule has 0 spiro atoms. The van der Waals surface area contributed by atoms with Crippen molar-refractivity contribution in [2.24, 2.45) is 0 Å². The zero-order valence-electron chi connectivity index (χ0n) is 9.90. The predicted octanol–water partition coefficient (Wildman–Crippen LogP) is -0.572. The molecular weight excluding hydrogens is 206 g/mol. The maximum absolute atomic E-state index is 12.1. The van der Waals surface area contributed by atoms with Crippen LogP contribution in [0, 0.1) is 0 Å². The third kappa shape index (κ3) is 1.80. The Morgan fingerprint density at radius 1 is 1.19 bits per heavy atom. The highest BCUT2D eigenvalue weighted by Gasteiger charge is 2.39. The maximum Gasteiger partial charge on any atom is 0.245 e. The molecule has 16 heavy (non-hydrogen) atoms. The summed E-state index contributed by atoms with van der Waals surface area (Å²) in [6, 6.07) is -0.318. The van der Waals surface area contributed by atoms with E-state index < -0.39 is 0 Å². The smallest absolute Gasteiger partial charge is 0.245 e. The van der Waals surface area contributed by atoms with Crippen molar-refractivity contribution in [3.63, 3.8) is 0 Å². The number of nitrogens with zero attached hydrogens (tertiary/aromatic N) is 2. The van der Waals surface area contributed by atoms with Gasteiger partial charge in [-0.2, -0.15) is 0 Å². The third-order valence-electron chi connectivity index (χ3n) is 3.60.